The van der Waals surface area contributed by atoms with Crippen LogP contribution in [-0.2, 0) is 0 Å². The Kier molecular flexibility index (Phi) is 3.79. The number of fused-ring (bicyclic) bond motifs is 1. The van der Waals surface area contributed by atoms with Crippen molar-refractivity contribution in [2.45, 2.75) is 9.79 Å². The number of nitrogens with two attached hydrogens (primary N) is 1. The van der Waals surface area contributed by atoms with E-state index < -0.39 is 0 Å². The fourth-order valence-electron chi connectivity index (χ4n) is 3.24. The number of quaternary nitrogens is 1. The van der Waals surface area contributed by atoms with Crippen LogP contribution in [0.1, 0.15) is 5.56 Å². The van der Waals surface area contributed by atoms with E-state index in [-0.39, 0.29) is 4.59 Å². The van der Waals surface area contributed by atoms with Crippen LogP contribution in [0, 0.1) is 0 Å². The minimum atomic E-state index is 0.0508. The molecule has 27 heavy (non-hydrogen) atoms. The molecule has 0 saturated carbocycles. The van der Waals surface area contributed by atoms with Gasteiger partial charge in [0.2, 0.25) is 5.70 Å². The summed E-state index contributed by atoms with van der Waals surface area (Å²) in [7, 11) is 0. The molecule has 0 amide bonds. The van der Waals surface area contributed by atoms with Gasteiger partial charge in [0.25, 0.3) is 5.84 Å². The van der Waals surface area contributed by atoms with Crippen molar-refractivity contribution in [1.82, 2.24) is 0 Å². The highest BCUT2D eigenvalue weighted by atomic mass is 32.2. The van der Waals surface area contributed by atoms with E-state index in [1.54, 1.807) is 24.2 Å². The Morgan fingerprint density at radius 2 is 1.67 bits per heavy atom. The molecular weight excluding hydrogens is 352 g/mol. The third-order valence-corrected chi connectivity index (χ3v) is 5.73. The molecule has 3 aliphatic rings. The van der Waals surface area contributed by atoms with Crippen molar-refractivity contribution in [3.63, 3.8) is 0 Å². The maximum Gasteiger partial charge on any atom is 0.265 e. The minimum Gasteiger partial charge on any atom is -0.253 e. The molecule has 1 aliphatic carbocycles. The van der Waals surface area contributed by atoms with Crippen molar-refractivity contribution in [3.05, 3.63) is 108 Å². The van der Waals surface area contributed by atoms with E-state index in [0.717, 1.165) is 28.4 Å². The summed E-state index contributed by atoms with van der Waals surface area (Å²) in [6.07, 6.45) is 11.5. The minimum absolute atomic E-state index is 0.0508. The fourth-order valence-corrected chi connectivity index (χ4v) is 4.08. The first-order valence-electron chi connectivity index (χ1n) is 8.68. The van der Waals surface area contributed by atoms with Crippen LogP contribution in [0.15, 0.2) is 122 Å². The van der Waals surface area contributed by atoms with Crippen molar-refractivity contribution in [2.75, 3.05) is 0 Å². The monoisotopic (exact) mass is 369 g/mol. The van der Waals surface area contributed by atoms with E-state index in [0.29, 0.717) is 0 Å². The number of nitrogens with zero attached hydrogens (tertiary/aromatic N) is 3. The Balaban J connectivity index is 1.48. The van der Waals surface area contributed by atoms with E-state index in [1.165, 1.54) is 9.79 Å². The quantitative estimate of drug-likeness (QED) is 0.635. The van der Waals surface area contributed by atoms with Gasteiger partial charge in [-0.2, -0.15) is 10.8 Å². The van der Waals surface area contributed by atoms with E-state index in [4.69, 9.17) is 10.8 Å². The van der Waals surface area contributed by atoms with Crippen LogP contribution >= 0.6 is 11.8 Å². The van der Waals surface area contributed by atoms with Gasteiger partial charge in [0.15, 0.2) is 0 Å². The van der Waals surface area contributed by atoms with Crippen LogP contribution in [0.5, 0.6) is 0 Å². The normalized spacial score (nSPS) is 22.4. The lowest BCUT2D eigenvalue weighted by molar-refractivity contribution is -0.750. The van der Waals surface area contributed by atoms with Gasteiger partial charge in [-0.3, -0.25) is 4.99 Å². The number of hydrogen-bond donors (Lipinski definition) is 1. The van der Waals surface area contributed by atoms with Gasteiger partial charge in [-0.25, -0.2) is 0 Å². The molecule has 0 fully saturated rings. The van der Waals surface area contributed by atoms with Gasteiger partial charge in [-0.15, -0.1) is 4.59 Å². The molecule has 4 nitrogen and oxygen atoms in total. The van der Waals surface area contributed by atoms with E-state index in [2.05, 4.69) is 53.5 Å². The lowest BCUT2D eigenvalue weighted by Crippen LogP contribution is -2.53. The molecule has 5 rings (SSSR count). The maximum absolute atomic E-state index is 6.72. The molecule has 0 saturated heterocycles. The first kappa shape index (κ1) is 16.2. The topological polar surface area (TPSA) is 50.7 Å². The first-order valence-corrected chi connectivity index (χ1v) is 9.50. The van der Waals surface area contributed by atoms with Crippen LogP contribution < -0.4 is 5.84 Å². The van der Waals surface area contributed by atoms with Gasteiger partial charge in [-0.1, -0.05) is 48.2 Å². The van der Waals surface area contributed by atoms with Crippen LogP contribution in [0.4, 0.5) is 0 Å². The fraction of sp³-hybridized carbons (Fsp3) is 0. The predicted octanol–water partition coefficient (Wildman–Crippen LogP) is 4.55. The average molecular weight is 369 g/mol. The lowest BCUT2D eigenvalue weighted by Gasteiger charge is -2.26. The standard InChI is InChI=1S/C22H17N4S/c23-26-14-13-24-15-20(26)21(16-5-4-6-16)25-22(26)17-9-11-19(12-10-17)27-18-7-2-1-3-8-18/h1-15H,23H2/q+1. The lowest BCUT2D eigenvalue weighted by atomic mass is 10.0. The molecule has 0 bridgehead atoms. The van der Waals surface area contributed by atoms with E-state index >= 15 is 0 Å². The number of amidine groups is 1. The van der Waals surface area contributed by atoms with Crippen molar-refractivity contribution in [2.24, 2.45) is 15.8 Å². The van der Waals surface area contributed by atoms with Gasteiger partial charge in [0.05, 0.1) is 18.0 Å². The Bertz CT molecular complexity index is 1090. The van der Waals surface area contributed by atoms with Crippen molar-refractivity contribution >= 4 is 23.8 Å². The van der Waals surface area contributed by atoms with Gasteiger partial charge in [0, 0.05) is 15.4 Å². The summed E-state index contributed by atoms with van der Waals surface area (Å²) in [6.45, 7) is 0. The molecule has 0 spiro atoms. The smallest absolute Gasteiger partial charge is 0.253 e. The largest absolute Gasteiger partial charge is 0.265 e. The Morgan fingerprint density at radius 1 is 0.926 bits per heavy atom. The highest BCUT2D eigenvalue weighted by Gasteiger charge is 2.44. The summed E-state index contributed by atoms with van der Waals surface area (Å²) >= 11 is 1.74. The Labute approximate surface area is 162 Å². The highest BCUT2D eigenvalue weighted by molar-refractivity contribution is 7.99. The van der Waals surface area contributed by atoms with E-state index in [1.807, 2.05) is 30.5 Å². The molecule has 2 N–H and O–H groups in total. The maximum atomic E-state index is 6.72. The molecule has 0 radical (unpaired) electrons. The van der Waals surface area contributed by atoms with Crippen LogP contribution in [0.2, 0.25) is 0 Å². The molecule has 130 valence electrons. The second kappa shape index (κ2) is 6.32. The Morgan fingerprint density at radius 3 is 2.37 bits per heavy atom. The van der Waals surface area contributed by atoms with Gasteiger partial charge >= 0.3 is 0 Å². The summed E-state index contributed by atoms with van der Waals surface area (Å²) in [5.41, 5.74) is 3.88. The van der Waals surface area contributed by atoms with Crippen LogP contribution in [0.3, 0.4) is 0 Å². The number of allylic oxidation sites excluding steroid dienone is 4. The van der Waals surface area contributed by atoms with Crippen LogP contribution in [-0.4, -0.2) is 16.6 Å². The molecule has 2 heterocycles. The summed E-state index contributed by atoms with van der Waals surface area (Å²) < 4.78 is 0.0508. The molecular formula is C22H17N4S+. The zero-order valence-corrected chi connectivity index (χ0v) is 15.3. The molecule has 2 aromatic rings. The van der Waals surface area contributed by atoms with Crippen LogP contribution in [0.25, 0.3) is 0 Å². The average Bonchev–Trinajstić information content (AvgIpc) is 2.95. The van der Waals surface area contributed by atoms with E-state index in [9.17, 15) is 0 Å². The number of hydrogen-bond acceptors (Lipinski definition) is 4. The Hall–Kier alpha value is -2.99. The summed E-state index contributed by atoms with van der Waals surface area (Å²) in [5, 5.41) is 0. The highest BCUT2D eigenvalue weighted by Crippen LogP contribution is 2.36. The first-order chi connectivity index (χ1) is 13.2. The van der Waals surface area contributed by atoms with Gasteiger partial charge in [-0.05, 0) is 36.4 Å². The van der Waals surface area contributed by atoms with Crippen molar-refractivity contribution in [1.29, 1.82) is 0 Å². The van der Waals surface area contributed by atoms with Crippen molar-refractivity contribution in [3.8, 4) is 0 Å². The second-order valence-corrected chi connectivity index (χ2v) is 7.59. The molecule has 2 aliphatic heterocycles. The number of aliphatic imine (C=N–C) groups is 2. The molecule has 0 aromatic heterocycles. The summed E-state index contributed by atoms with van der Waals surface area (Å²) in [4.78, 5) is 11.5. The molecule has 5 heteroatoms. The molecule has 1 unspecified atom stereocenters. The van der Waals surface area contributed by atoms with Gasteiger partial charge < -0.3 is 0 Å². The predicted molar refractivity (Wildman–Crippen MR) is 110 cm³/mol. The number of benzene rings is 2. The van der Waals surface area contributed by atoms with Crippen molar-refractivity contribution < 1.29 is 4.59 Å². The number of rotatable bonds is 4. The summed E-state index contributed by atoms with van der Waals surface area (Å²) in [6, 6.07) is 18.8. The third kappa shape index (κ3) is 2.73. The third-order valence-electron chi connectivity index (χ3n) is 4.71. The zero-order valence-electron chi connectivity index (χ0n) is 14.5. The zero-order chi connectivity index (χ0) is 18.3. The molecule has 2 aromatic carbocycles. The molecule has 1 atom stereocenters. The van der Waals surface area contributed by atoms with Gasteiger partial charge in [0.1, 0.15) is 11.9 Å². The summed E-state index contributed by atoms with van der Waals surface area (Å²) in [5.74, 6) is 7.53. The second-order valence-electron chi connectivity index (χ2n) is 6.44. The SMILES string of the molecule is N[N+]12C=CN=CC1=C(C1=CC=C1)N=C2c1ccc(Sc2ccccc2)cc1.